The number of rotatable bonds is 6. The molecule has 2 aromatic carbocycles. The summed E-state index contributed by atoms with van der Waals surface area (Å²) in [5.74, 6) is -0.367. The molecule has 64 heavy (non-hydrogen) atoms. The van der Waals surface area contributed by atoms with Crippen molar-refractivity contribution in [3.63, 3.8) is 0 Å². The van der Waals surface area contributed by atoms with Gasteiger partial charge >= 0.3 is 16.4 Å². The van der Waals surface area contributed by atoms with Gasteiger partial charge in [-0.1, -0.05) is 44.2 Å². The summed E-state index contributed by atoms with van der Waals surface area (Å²) in [7, 11) is 0.376. The topological polar surface area (TPSA) is 217 Å². The van der Waals surface area contributed by atoms with Crippen molar-refractivity contribution in [3.05, 3.63) is 70.9 Å². The quantitative estimate of drug-likeness (QED) is 0.119. The Morgan fingerprint density at radius 2 is 1.67 bits per heavy atom. The van der Waals surface area contributed by atoms with Gasteiger partial charge in [-0.3, -0.25) is 28.5 Å². The smallest absolute Gasteiger partial charge is 0.394 e. The van der Waals surface area contributed by atoms with Crippen LogP contribution in [0.2, 0.25) is 0 Å². The average molecular weight is 906 g/mol. The lowest BCUT2D eigenvalue weighted by Gasteiger charge is -2.63. The second kappa shape index (κ2) is 15.8. The maximum atomic E-state index is 15.4. The number of nitrogens with zero attached hydrogens (tertiary/aromatic N) is 4. The van der Waals surface area contributed by atoms with Gasteiger partial charge in [-0.2, -0.15) is 8.42 Å². The molecule has 6 aliphatic heterocycles. The Balaban J connectivity index is 0.000000984. The highest BCUT2D eigenvalue weighted by Crippen LogP contribution is 2.68. The number of methoxy groups -OCH3 is 2. The number of anilines is 1. The van der Waals surface area contributed by atoms with Crippen LogP contribution in [0, 0.1) is 11.3 Å². The Hall–Kier alpha value is -4.07. The summed E-state index contributed by atoms with van der Waals surface area (Å²) in [6, 6.07) is 11.4. The van der Waals surface area contributed by atoms with Crippen molar-refractivity contribution in [2.45, 2.75) is 105 Å². The normalized spacial score (nSPS) is 36.4. The number of esters is 1. The van der Waals surface area contributed by atoms with Gasteiger partial charge in [0.1, 0.15) is 17.3 Å². The predicted molar refractivity (Wildman–Crippen MR) is 239 cm³/mol. The predicted octanol–water partition coefficient (Wildman–Crippen LogP) is 3.22. The van der Waals surface area contributed by atoms with Crippen LogP contribution < -0.4 is 9.64 Å². The molecule has 1 aromatic heterocycles. The Morgan fingerprint density at radius 1 is 0.953 bits per heavy atom. The van der Waals surface area contributed by atoms with Gasteiger partial charge in [-0.15, -0.1) is 0 Å². The molecule has 4 fully saturated rings. The van der Waals surface area contributed by atoms with E-state index in [1.54, 1.807) is 12.0 Å². The molecular formula is C47H63N5O11S. The Morgan fingerprint density at radius 3 is 2.34 bits per heavy atom. The highest BCUT2D eigenvalue weighted by Gasteiger charge is 2.79. The molecule has 3 aromatic rings. The SMILES string of the molecule is CC[C@]1(O)C[C@H]2CN(CCc3c([nH]c4ccccc34)[C@@](C(=O)OC)(c3cc4c(cc3OC)N(C)[C@H]3[C@@](O)(C(=O)N5CCCC5)[C@H](O)[C@]5(CC)C=CCN6CC[C@]43[C@@H]65)C2)C1.O=S(=O)(O)O. The lowest BCUT2D eigenvalue weighted by Crippen LogP contribution is -2.81. The highest BCUT2D eigenvalue weighted by molar-refractivity contribution is 7.79. The van der Waals surface area contributed by atoms with E-state index in [4.69, 9.17) is 27.0 Å². The zero-order chi connectivity index (χ0) is 45.8. The number of carbonyl (C=O) groups is 2. The third kappa shape index (κ3) is 6.43. The number of benzene rings is 2. The van der Waals surface area contributed by atoms with Gasteiger partial charge in [0, 0.05) is 97.1 Å². The summed E-state index contributed by atoms with van der Waals surface area (Å²) in [5.41, 5.74) is -0.912. The summed E-state index contributed by atoms with van der Waals surface area (Å²) in [4.78, 5) is 42.8. The first-order valence-corrected chi connectivity index (χ1v) is 24.2. The van der Waals surface area contributed by atoms with E-state index in [2.05, 4.69) is 52.1 Å². The summed E-state index contributed by atoms with van der Waals surface area (Å²) >= 11 is 0. The molecule has 6 N–H and O–H groups in total. The van der Waals surface area contributed by atoms with E-state index in [1.165, 1.54) is 7.11 Å². The van der Waals surface area contributed by atoms with Crippen LogP contribution in [0.5, 0.6) is 5.75 Å². The highest BCUT2D eigenvalue weighted by atomic mass is 32.3. The number of aromatic nitrogens is 1. The van der Waals surface area contributed by atoms with Crippen LogP contribution in [0.25, 0.3) is 10.9 Å². The van der Waals surface area contributed by atoms with Crippen LogP contribution in [-0.4, -0.2) is 161 Å². The fourth-order valence-corrected chi connectivity index (χ4v) is 14.2. The Kier molecular flexibility index (Phi) is 11.1. The zero-order valence-corrected chi connectivity index (χ0v) is 38.2. The van der Waals surface area contributed by atoms with Gasteiger partial charge < -0.3 is 39.6 Å². The second-order valence-corrected chi connectivity index (χ2v) is 20.5. The largest absolute Gasteiger partial charge is 0.496 e. The molecule has 348 valence electrons. The van der Waals surface area contributed by atoms with E-state index >= 15 is 9.59 Å². The van der Waals surface area contributed by atoms with E-state index in [0.29, 0.717) is 76.0 Å². The molecule has 1 amide bonds. The van der Waals surface area contributed by atoms with E-state index < -0.39 is 61.9 Å². The van der Waals surface area contributed by atoms with E-state index in [0.717, 1.165) is 65.9 Å². The molecule has 1 aliphatic carbocycles. The van der Waals surface area contributed by atoms with Gasteiger partial charge in [0.2, 0.25) is 0 Å². The van der Waals surface area contributed by atoms with E-state index in [9.17, 15) is 15.3 Å². The first kappa shape index (κ1) is 45.1. The van der Waals surface area contributed by atoms with Crippen LogP contribution >= 0.6 is 0 Å². The summed E-state index contributed by atoms with van der Waals surface area (Å²) < 4.78 is 44.0. The fourth-order valence-electron chi connectivity index (χ4n) is 14.2. The molecule has 7 heterocycles. The number of piperidine rings is 1. The third-order valence-corrected chi connectivity index (χ3v) is 16.6. The number of hydrogen-bond acceptors (Lipinski definition) is 12. The van der Waals surface area contributed by atoms with Gasteiger partial charge in [-0.05, 0) is 87.1 Å². The molecule has 7 aliphatic rings. The second-order valence-electron chi connectivity index (χ2n) is 19.6. The number of likely N-dealkylation sites (N-methyl/N-ethyl adjacent to an activating group) is 1. The van der Waals surface area contributed by atoms with E-state index in [-0.39, 0.29) is 12.0 Å². The molecule has 10 rings (SSSR count). The Labute approximate surface area is 374 Å². The van der Waals surface area contributed by atoms with Crippen LogP contribution in [0.3, 0.4) is 0 Å². The molecule has 1 spiro atoms. The molecule has 1 unspecified atom stereocenters. The number of para-hydroxylation sites is 1. The molecular weight excluding hydrogens is 843 g/mol. The molecule has 1 saturated carbocycles. The Bertz CT molecular complexity index is 2480. The number of aliphatic hydroxyl groups is 3. The summed E-state index contributed by atoms with van der Waals surface area (Å²) in [5, 5.41) is 39.3. The molecule has 10 atom stereocenters. The number of nitrogens with one attached hydrogen (secondary N) is 1. The number of amides is 1. The molecule has 3 saturated heterocycles. The fraction of sp³-hybridized carbons (Fsp3) is 0.617. The van der Waals surface area contributed by atoms with Crippen LogP contribution in [0.15, 0.2) is 48.6 Å². The molecule has 0 radical (unpaired) electrons. The first-order valence-electron chi connectivity index (χ1n) is 22.8. The van der Waals surface area contributed by atoms with Gasteiger partial charge in [0.15, 0.2) is 5.60 Å². The van der Waals surface area contributed by atoms with Crippen molar-refractivity contribution in [3.8, 4) is 5.75 Å². The number of aromatic amines is 1. The van der Waals surface area contributed by atoms with Crippen molar-refractivity contribution in [2.75, 3.05) is 72.0 Å². The summed E-state index contributed by atoms with van der Waals surface area (Å²) in [6.07, 6.45) is 7.93. The molecule has 17 heteroatoms. The monoisotopic (exact) mass is 905 g/mol. The number of H-pyrrole nitrogens is 1. The maximum Gasteiger partial charge on any atom is 0.394 e. The standard InChI is InChI=1S/C47H61N5O7.H2O4S/c1-6-43(56)25-29-26-46(42(55)59-5,37-31(15-21-50(27-29)28-43)30-13-8-9-14-34(30)48-37)33-23-32-35(24-36(33)58-4)49(3)39-45(32)17-22-51-20-12-16-44(7-2,38(45)51)40(53)47(39,57)41(54)52-18-10-11-19-52;1-5(2,3)4/h8-9,12-14,16,23-24,29,38-40,48,53,56-57H,6-7,10-11,15,17-22,25-28H2,1-5H3;(H2,1,2,3,4)/t29-,38+,39-,40-,43+,44-,45-,46+,47+;/m1./s1. The average Bonchev–Trinajstić information content (AvgIpc) is 4.08. The van der Waals surface area contributed by atoms with Crippen molar-refractivity contribution in [1.82, 2.24) is 19.7 Å². The number of ether oxygens (including phenoxy) is 2. The number of carbonyl (C=O) groups excluding carboxylic acids is 2. The molecule has 2 bridgehead atoms. The number of likely N-dealkylation sites (tertiary alicyclic amines) is 1. The van der Waals surface area contributed by atoms with Gasteiger partial charge in [0.25, 0.3) is 5.91 Å². The van der Waals surface area contributed by atoms with Gasteiger partial charge in [-0.25, -0.2) is 0 Å². The number of aliphatic hydroxyl groups excluding tert-OH is 1. The maximum absolute atomic E-state index is 15.4. The number of hydrogen-bond donors (Lipinski definition) is 6. The minimum atomic E-state index is -4.67. The lowest BCUT2D eigenvalue weighted by atomic mass is 9.47. The lowest BCUT2D eigenvalue weighted by molar-refractivity contribution is -0.210. The summed E-state index contributed by atoms with van der Waals surface area (Å²) in [6.45, 7) is 8.68. The van der Waals surface area contributed by atoms with Crippen molar-refractivity contribution >= 4 is 38.9 Å². The minimum Gasteiger partial charge on any atom is -0.496 e. The van der Waals surface area contributed by atoms with Crippen LogP contribution in [0.4, 0.5) is 5.69 Å². The van der Waals surface area contributed by atoms with Crippen molar-refractivity contribution in [2.24, 2.45) is 11.3 Å². The van der Waals surface area contributed by atoms with E-state index in [1.807, 2.05) is 37.1 Å². The van der Waals surface area contributed by atoms with Crippen LogP contribution in [0.1, 0.15) is 81.2 Å². The van der Waals surface area contributed by atoms with Crippen LogP contribution in [-0.2, 0) is 42.0 Å². The zero-order valence-electron chi connectivity index (χ0n) is 37.4. The minimum absolute atomic E-state index is 0.0668. The van der Waals surface area contributed by atoms with Crippen molar-refractivity contribution < 1.29 is 51.9 Å². The van der Waals surface area contributed by atoms with Gasteiger partial charge in [0.05, 0.1) is 25.9 Å². The third-order valence-electron chi connectivity index (χ3n) is 16.6. The molecule has 16 nitrogen and oxygen atoms in total. The first-order chi connectivity index (χ1) is 30.4. The number of fused-ring (bicyclic) bond motifs is 6. The van der Waals surface area contributed by atoms with Crippen molar-refractivity contribution in [1.29, 1.82) is 0 Å².